The van der Waals surface area contributed by atoms with Gasteiger partial charge in [0.1, 0.15) is 0 Å². The normalized spacial score (nSPS) is 10.1. The van der Waals surface area contributed by atoms with E-state index in [0.717, 1.165) is 4.90 Å². The minimum Gasteiger partial charge on any atom is -0.151 e. The van der Waals surface area contributed by atoms with E-state index in [1.807, 2.05) is 23.6 Å². The Morgan fingerprint density at radius 1 is 1.00 bits per heavy atom. The van der Waals surface area contributed by atoms with Gasteiger partial charge in [0.2, 0.25) is 0 Å². The van der Waals surface area contributed by atoms with Crippen LogP contribution in [-0.4, -0.2) is 0 Å². The summed E-state index contributed by atoms with van der Waals surface area (Å²) in [5, 5.41) is 4.17. The summed E-state index contributed by atoms with van der Waals surface area (Å²) in [6.45, 7) is 0. The van der Waals surface area contributed by atoms with Gasteiger partial charge in [-0.25, -0.2) is 0 Å². The van der Waals surface area contributed by atoms with Crippen LogP contribution < -0.4 is 0 Å². The summed E-state index contributed by atoms with van der Waals surface area (Å²) in [6, 6.07) is 10.3. The van der Waals surface area contributed by atoms with Crippen molar-refractivity contribution in [2.45, 2.75) is 4.90 Å². The fourth-order valence-corrected chi connectivity index (χ4v) is 2.31. The first-order valence-electron chi connectivity index (χ1n) is 3.68. The maximum atomic E-state index is 4.37. The third kappa shape index (κ3) is 1.40. The van der Waals surface area contributed by atoms with Crippen LogP contribution >= 0.6 is 24.0 Å². The first-order chi connectivity index (χ1) is 5.88. The Morgan fingerprint density at radius 2 is 1.75 bits per heavy atom. The van der Waals surface area contributed by atoms with Crippen molar-refractivity contribution in [2.24, 2.45) is 0 Å². The van der Waals surface area contributed by atoms with Gasteiger partial charge in [-0.3, -0.25) is 0 Å². The van der Waals surface area contributed by atoms with Crippen LogP contribution in [0, 0.1) is 0 Å². The van der Waals surface area contributed by atoms with Crippen molar-refractivity contribution in [1.29, 1.82) is 0 Å². The maximum Gasteiger partial charge on any atom is 0.0226 e. The lowest BCUT2D eigenvalue weighted by Crippen LogP contribution is -1.72. The average Bonchev–Trinajstić information content (AvgIpc) is 2.53. The number of rotatable bonds is 1. The SMILES string of the molecule is Sc1cscc1-c1ccccc1. The van der Waals surface area contributed by atoms with E-state index in [1.54, 1.807) is 11.3 Å². The van der Waals surface area contributed by atoms with Gasteiger partial charge in [0.05, 0.1) is 0 Å². The third-order valence-corrected chi connectivity index (χ3v) is 3.01. The quantitative estimate of drug-likeness (QED) is 0.654. The summed E-state index contributed by atoms with van der Waals surface area (Å²) in [7, 11) is 0. The number of thiophene rings is 1. The van der Waals surface area contributed by atoms with E-state index in [0.29, 0.717) is 0 Å². The molecule has 0 aliphatic rings. The highest BCUT2D eigenvalue weighted by atomic mass is 32.1. The van der Waals surface area contributed by atoms with Crippen LogP contribution in [0.3, 0.4) is 0 Å². The van der Waals surface area contributed by atoms with Gasteiger partial charge in [-0.2, -0.15) is 11.3 Å². The molecule has 2 heteroatoms. The zero-order valence-electron chi connectivity index (χ0n) is 6.40. The number of thiol groups is 1. The summed E-state index contributed by atoms with van der Waals surface area (Å²) >= 11 is 6.06. The van der Waals surface area contributed by atoms with Crippen molar-refractivity contribution in [3.63, 3.8) is 0 Å². The zero-order valence-corrected chi connectivity index (χ0v) is 8.11. The molecule has 0 saturated heterocycles. The van der Waals surface area contributed by atoms with E-state index < -0.39 is 0 Å². The van der Waals surface area contributed by atoms with E-state index in [9.17, 15) is 0 Å². The van der Waals surface area contributed by atoms with E-state index >= 15 is 0 Å². The van der Waals surface area contributed by atoms with Crippen LogP contribution in [-0.2, 0) is 0 Å². The second kappa shape index (κ2) is 3.33. The largest absolute Gasteiger partial charge is 0.151 e. The predicted molar refractivity (Wildman–Crippen MR) is 57.0 cm³/mol. The molecule has 1 aromatic carbocycles. The molecule has 60 valence electrons. The highest BCUT2D eigenvalue weighted by Gasteiger charge is 2.00. The Hall–Kier alpha value is -0.730. The van der Waals surface area contributed by atoms with Crippen molar-refractivity contribution < 1.29 is 0 Å². The van der Waals surface area contributed by atoms with Crippen LogP contribution in [0.1, 0.15) is 0 Å². The molecule has 0 saturated carbocycles. The Bertz CT molecular complexity index is 362. The molecule has 0 spiro atoms. The fourth-order valence-electron chi connectivity index (χ4n) is 1.12. The molecular weight excluding hydrogens is 184 g/mol. The highest BCUT2D eigenvalue weighted by Crippen LogP contribution is 2.29. The Kier molecular flexibility index (Phi) is 2.19. The van der Waals surface area contributed by atoms with Crippen molar-refractivity contribution >= 4 is 24.0 Å². The highest BCUT2D eigenvalue weighted by molar-refractivity contribution is 7.80. The standard InChI is InChI=1S/C10H8S2/c11-10-7-12-6-9(10)8-4-2-1-3-5-8/h1-7,11H. The summed E-state index contributed by atoms with van der Waals surface area (Å²) in [5.74, 6) is 0. The lowest BCUT2D eigenvalue weighted by molar-refractivity contribution is 1.55. The Balaban J connectivity index is 2.51. The van der Waals surface area contributed by atoms with Crippen LogP contribution in [0.2, 0.25) is 0 Å². The van der Waals surface area contributed by atoms with Gasteiger partial charge < -0.3 is 0 Å². The second-order valence-electron chi connectivity index (χ2n) is 2.54. The topological polar surface area (TPSA) is 0 Å². The minimum absolute atomic E-state index is 1.06. The van der Waals surface area contributed by atoms with Gasteiger partial charge in [0, 0.05) is 15.8 Å². The number of hydrogen-bond donors (Lipinski definition) is 1. The molecule has 0 nitrogen and oxygen atoms in total. The molecule has 2 aromatic rings. The van der Waals surface area contributed by atoms with Crippen LogP contribution in [0.4, 0.5) is 0 Å². The first kappa shape index (κ1) is 7.90. The molecule has 0 radical (unpaired) electrons. The van der Waals surface area contributed by atoms with Crippen LogP contribution in [0.15, 0.2) is 46.0 Å². The molecule has 0 unspecified atom stereocenters. The predicted octanol–water partition coefficient (Wildman–Crippen LogP) is 3.70. The second-order valence-corrected chi connectivity index (χ2v) is 3.76. The molecule has 0 atom stereocenters. The molecular formula is C10H8S2. The third-order valence-electron chi connectivity index (χ3n) is 1.73. The van der Waals surface area contributed by atoms with Gasteiger partial charge in [-0.05, 0) is 10.9 Å². The smallest absolute Gasteiger partial charge is 0.0226 e. The fraction of sp³-hybridized carbons (Fsp3) is 0. The van der Waals surface area contributed by atoms with Gasteiger partial charge in [-0.1, -0.05) is 30.3 Å². The zero-order chi connectivity index (χ0) is 8.39. The van der Waals surface area contributed by atoms with Crippen molar-refractivity contribution in [3.05, 3.63) is 41.1 Å². The maximum absolute atomic E-state index is 4.37. The summed E-state index contributed by atoms with van der Waals surface area (Å²) in [5.41, 5.74) is 2.47. The summed E-state index contributed by atoms with van der Waals surface area (Å²) < 4.78 is 0. The Morgan fingerprint density at radius 3 is 2.33 bits per heavy atom. The lowest BCUT2D eigenvalue weighted by atomic mass is 10.1. The molecule has 0 amide bonds. The average molecular weight is 192 g/mol. The van der Waals surface area contributed by atoms with Gasteiger partial charge in [-0.15, -0.1) is 12.6 Å². The minimum atomic E-state index is 1.06. The van der Waals surface area contributed by atoms with Crippen molar-refractivity contribution in [1.82, 2.24) is 0 Å². The lowest BCUT2D eigenvalue weighted by Gasteiger charge is -1.97. The number of benzene rings is 1. The van der Waals surface area contributed by atoms with Gasteiger partial charge in [0.25, 0.3) is 0 Å². The van der Waals surface area contributed by atoms with Gasteiger partial charge in [0.15, 0.2) is 0 Å². The molecule has 1 aromatic heterocycles. The van der Waals surface area contributed by atoms with Gasteiger partial charge >= 0.3 is 0 Å². The van der Waals surface area contributed by atoms with E-state index in [1.165, 1.54) is 11.1 Å². The molecule has 0 aliphatic carbocycles. The molecule has 0 aliphatic heterocycles. The molecule has 2 rings (SSSR count). The molecule has 12 heavy (non-hydrogen) atoms. The Labute approximate surface area is 81.3 Å². The van der Waals surface area contributed by atoms with Crippen molar-refractivity contribution in [3.8, 4) is 11.1 Å². The first-order valence-corrected chi connectivity index (χ1v) is 5.07. The van der Waals surface area contributed by atoms with E-state index in [-0.39, 0.29) is 0 Å². The van der Waals surface area contributed by atoms with Crippen LogP contribution in [0.5, 0.6) is 0 Å². The summed E-state index contributed by atoms with van der Waals surface area (Å²) in [4.78, 5) is 1.06. The molecule has 0 N–H and O–H groups in total. The number of hydrogen-bond acceptors (Lipinski definition) is 2. The molecule has 0 bridgehead atoms. The van der Waals surface area contributed by atoms with Crippen molar-refractivity contribution in [2.75, 3.05) is 0 Å². The van der Waals surface area contributed by atoms with E-state index in [2.05, 4.69) is 30.1 Å². The molecule has 1 heterocycles. The van der Waals surface area contributed by atoms with E-state index in [4.69, 9.17) is 0 Å². The summed E-state index contributed by atoms with van der Waals surface area (Å²) in [6.07, 6.45) is 0. The monoisotopic (exact) mass is 192 g/mol. The molecule has 0 fully saturated rings. The van der Waals surface area contributed by atoms with Crippen LogP contribution in [0.25, 0.3) is 11.1 Å².